The largest absolute Gasteiger partial charge is 0.393 e. The van der Waals surface area contributed by atoms with Crippen molar-refractivity contribution in [3.63, 3.8) is 0 Å². The van der Waals surface area contributed by atoms with Gasteiger partial charge in [0.15, 0.2) is 0 Å². The molecule has 4 saturated carbocycles. The van der Waals surface area contributed by atoms with E-state index in [0.29, 0.717) is 23.7 Å². The van der Waals surface area contributed by atoms with Crippen molar-refractivity contribution >= 4 is 0 Å². The van der Waals surface area contributed by atoms with Gasteiger partial charge in [-0.1, -0.05) is 33.6 Å². The molecule has 0 heterocycles. The van der Waals surface area contributed by atoms with E-state index in [2.05, 4.69) is 20.8 Å². The molecule has 0 spiro atoms. The zero-order valence-electron chi connectivity index (χ0n) is 20.2. The fraction of sp³-hybridized carbons (Fsp3) is 1.00. The Morgan fingerprint density at radius 1 is 0.967 bits per heavy atom. The smallest absolute Gasteiger partial charge is 0.0623 e. The molecule has 0 aromatic carbocycles. The Bertz CT molecular complexity index is 612. The minimum atomic E-state index is -0.539. The van der Waals surface area contributed by atoms with Crippen LogP contribution < -0.4 is 0 Å². The first-order chi connectivity index (χ1) is 14.0. The number of aliphatic hydroxyl groups excluding tert-OH is 2. The maximum atomic E-state index is 11.1. The van der Waals surface area contributed by atoms with Gasteiger partial charge in [-0.3, -0.25) is 0 Å². The molecule has 4 aliphatic rings. The third-order valence-electron chi connectivity index (χ3n) is 10.9. The standard InChI is InChI=1S/C27H48O3/c1-17(7-6-13-25(2,3)30)21-10-11-22-20-9-8-18-15-19(28)16-24(29)27(18,5)23(20)12-14-26(21,22)4/h17-24,28-30H,6-16H2,1-5H3/t17-,18+,19-,20+,21-,22+,23+,24+,26-,27+/m1/s1. The van der Waals surface area contributed by atoms with Gasteiger partial charge in [-0.2, -0.15) is 0 Å². The van der Waals surface area contributed by atoms with Gasteiger partial charge in [0, 0.05) is 0 Å². The summed E-state index contributed by atoms with van der Waals surface area (Å²) in [6.07, 6.45) is 12.0. The van der Waals surface area contributed by atoms with Crippen LogP contribution in [0.25, 0.3) is 0 Å². The summed E-state index contributed by atoms with van der Waals surface area (Å²) in [6.45, 7) is 11.3. The molecule has 3 N–H and O–H groups in total. The van der Waals surface area contributed by atoms with Crippen molar-refractivity contribution in [1.82, 2.24) is 0 Å². The Morgan fingerprint density at radius 3 is 2.40 bits per heavy atom. The van der Waals surface area contributed by atoms with Crippen LogP contribution >= 0.6 is 0 Å². The molecular formula is C27H48O3. The molecule has 0 bridgehead atoms. The summed E-state index contributed by atoms with van der Waals surface area (Å²) in [5, 5.41) is 31.4. The summed E-state index contributed by atoms with van der Waals surface area (Å²) < 4.78 is 0. The molecule has 0 saturated heterocycles. The van der Waals surface area contributed by atoms with E-state index >= 15 is 0 Å². The minimum absolute atomic E-state index is 0.0138. The van der Waals surface area contributed by atoms with Crippen molar-refractivity contribution in [1.29, 1.82) is 0 Å². The molecule has 30 heavy (non-hydrogen) atoms. The first-order valence-corrected chi connectivity index (χ1v) is 13.1. The van der Waals surface area contributed by atoms with Crippen LogP contribution in [0, 0.1) is 46.3 Å². The van der Waals surface area contributed by atoms with Crippen LogP contribution in [0.5, 0.6) is 0 Å². The predicted octanol–water partition coefficient (Wildman–Crippen LogP) is 5.55. The molecule has 10 atom stereocenters. The third-order valence-corrected chi connectivity index (χ3v) is 10.9. The molecule has 0 aromatic heterocycles. The highest BCUT2D eigenvalue weighted by Gasteiger charge is 2.62. The summed E-state index contributed by atoms with van der Waals surface area (Å²) in [7, 11) is 0. The summed E-state index contributed by atoms with van der Waals surface area (Å²) in [4.78, 5) is 0. The normalized spacial score (nSPS) is 49.8. The van der Waals surface area contributed by atoms with Crippen molar-refractivity contribution in [2.24, 2.45) is 46.3 Å². The van der Waals surface area contributed by atoms with Gasteiger partial charge in [-0.15, -0.1) is 0 Å². The lowest BCUT2D eigenvalue weighted by Gasteiger charge is -2.62. The van der Waals surface area contributed by atoms with E-state index in [1.807, 2.05) is 13.8 Å². The lowest BCUT2D eigenvalue weighted by molar-refractivity contribution is -0.182. The Kier molecular flexibility index (Phi) is 6.17. The van der Waals surface area contributed by atoms with Gasteiger partial charge >= 0.3 is 0 Å². The number of rotatable bonds is 5. The number of fused-ring (bicyclic) bond motifs is 5. The van der Waals surface area contributed by atoms with Gasteiger partial charge < -0.3 is 15.3 Å². The van der Waals surface area contributed by atoms with Crippen LogP contribution in [0.4, 0.5) is 0 Å². The molecule has 174 valence electrons. The maximum absolute atomic E-state index is 11.1. The van der Waals surface area contributed by atoms with E-state index in [4.69, 9.17) is 0 Å². The molecule has 4 rings (SSSR count). The van der Waals surface area contributed by atoms with Gasteiger partial charge in [0.2, 0.25) is 0 Å². The van der Waals surface area contributed by atoms with Crippen LogP contribution in [-0.2, 0) is 0 Å². The van der Waals surface area contributed by atoms with Crippen LogP contribution in [0.15, 0.2) is 0 Å². The fourth-order valence-corrected chi connectivity index (χ4v) is 9.33. The second-order valence-electron chi connectivity index (χ2n) is 13.1. The molecule has 3 nitrogen and oxygen atoms in total. The molecule has 0 amide bonds. The number of aliphatic hydroxyl groups is 3. The highest BCUT2D eigenvalue weighted by Crippen LogP contribution is 2.68. The lowest BCUT2D eigenvalue weighted by Crippen LogP contribution is -2.59. The van der Waals surface area contributed by atoms with Crippen molar-refractivity contribution in [2.75, 3.05) is 0 Å². The quantitative estimate of drug-likeness (QED) is 0.546. The van der Waals surface area contributed by atoms with Crippen LogP contribution in [0.1, 0.15) is 105 Å². The zero-order valence-corrected chi connectivity index (χ0v) is 20.2. The van der Waals surface area contributed by atoms with Gasteiger partial charge in [-0.25, -0.2) is 0 Å². The minimum Gasteiger partial charge on any atom is -0.393 e. The molecule has 0 unspecified atom stereocenters. The van der Waals surface area contributed by atoms with E-state index in [9.17, 15) is 15.3 Å². The summed E-state index contributed by atoms with van der Waals surface area (Å²) in [5.74, 6) is 4.27. The number of hydrogen-bond donors (Lipinski definition) is 3. The van der Waals surface area contributed by atoms with Crippen molar-refractivity contribution in [2.45, 2.75) is 123 Å². The first kappa shape index (κ1) is 23.1. The highest BCUT2D eigenvalue weighted by atomic mass is 16.3. The van der Waals surface area contributed by atoms with Crippen molar-refractivity contribution in [3.8, 4) is 0 Å². The van der Waals surface area contributed by atoms with Gasteiger partial charge in [0.25, 0.3) is 0 Å². The van der Waals surface area contributed by atoms with Crippen LogP contribution in [-0.4, -0.2) is 33.1 Å². The molecule has 0 aliphatic heterocycles. The molecule has 3 heteroatoms. The van der Waals surface area contributed by atoms with Gasteiger partial charge in [0.05, 0.1) is 17.8 Å². The molecule has 0 radical (unpaired) electrons. The summed E-state index contributed by atoms with van der Waals surface area (Å²) in [6, 6.07) is 0. The van der Waals surface area contributed by atoms with Gasteiger partial charge in [0.1, 0.15) is 0 Å². The molecule has 4 fully saturated rings. The second-order valence-corrected chi connectivity index (χ2v) is 13.1. The average molecular weight is 421 g/mol. The molecular weight excluding hydrogens is 372 g/mol. The molecule has 4 aliphatic carbocycles. The SMILES string of the molecule is C[C@H](CCCC(C)(C)O)[C@H]1CC[C@H]2[C@@H]3CC[C@H]4C[C@@H](O)C[C@H](O)[C@]4(C)[C@H]3CC[C@]12C. The van der Waals surface area contributed by atoms with E-state index < -0.39 is 5.60 Å². The average Bonchev–Trinajstić information content (AvgIpc) is 2.99. The Labute approximate surface area is 185 Å². The summed E-state index contributed by atoms with van der Waals surface area (Å²) in [5.41, 5.74) is -0.0695. The van der Waals surface area contributed by atoms with E-state index in [-0.39, 0.29) is 17.6 Å². The van der Waals surface area contributed by atoms with E-state index in [1.165, 1.54) is 44.9 Å². The van der Waals surface area contributed by atoms with E-state index in [0.717, 1.165) is 42.9 Å². The maximum Gasteiger partial charge on any atom is 0.0623 e. The highest BCUT2D eigenvalue weighted by molar-refractivity contribution is 5.11. The lowest BCUT2D eigenvalue weighted by atomic mass is 9.43. The first-order valence-electron chi connectivity index (χ1n) is 13.1. The van der Waals surface area contributed by atoms with E-state index in [1.54, 1.807) is 0 Å². The fourth-order valence-electron chi connectivity index (χ4n) is 9.33. The van der Waals surface area contributed by atoms with Crippen LogP contribution in [0.2, 0.25) is 0 Å². The molecule has 0 aromatic rings. The van der Waals surface area contributed by atoms with Crippen LogP contribution in [0.3, 0.4) is 0 Å². The Morgan fingerprint density at radius 2 is 1.70 bits per heavy atom. The Hall–Kier alpha value is -0.120. The predicted molar refractivity (Wildman–Crippen MR) is 122 cm³/mol. The van der Waals surface area contributed by atoms with Gasteiger partial charge in [-0.05, 0) is 118 Å². The van der Waals surface area contributed by atoms with Crippen molar-refractivity contribution in [3.05, 3.63) is 0 Å². The Balaban J connectivity index is 1.47. The second kappa shape index (κ2) is 8.03. The number of hydrogen-bond acceptors (Lipinski definition) is 3. The zero-order chi connectivity index (χ0) is 21.9. The monoisotopic (exact) mass is 420 g/mol. The summed E-state index contributed by atoms with van der Waals surface area (Å²) >= 11 is 0. The third kappa shape index (κ3) is 3.79. The van der Waals surface area contributed by atoms with Crippen molar-refractivity contribution < 1.29 is 15.3 Å². The topological polar surface area (TPSA) is 60.7 Å².